The summed E-state index contributed by atoms with van der Waals surface area (Å²) >= 11 is 1.96. The second kappa shape index (κ2) is 6.80. The van der Waals surface area contributed by atoms with Gasteiger partial charge in [-0.05, 0) is 38.6 Å². The van der Waals surface area contributed by atoms with Gasteiger partial charge in [0.25, 0.3) is 0 Å². The Bertz CT molecular complexity index is 279. The SMILES string of the molecule is CC(C)CC(CN)CC(=O)N1CCSC(C)(C)C1. The van der Waals surface area contributed by atoms with Crippen LogP contribution in [0.5, 0.6) is 0 Å². The fraction of sp³-hybridized carbons (Fsp3) is 0.929. The summed E-state index contributed by atoms with van der Waals surface area (Å²) in [6, 6.07) is 0. The molecule has 0 spiro atoms. The Balaban J connectivity index is 2.48. The van der Waals surface area contributed by atoms with Crippen LogP contribution >= 0.6 is 11.8 Å². The molecule has 0 aromatic heterocycles. The molecule has 0 aliphatic carbocycles. The van der Waals surface area contributed by atoms with E-state index in [0.717, 1.165) is 25.3 Å². The molecular formula is C14H28N2OS. The van der Waals surface area contributed by atoms with E-state index in [4.69, 9.17) is 5.73 Å². The lowest BCUT2D eigenvalue weighted by atomic mass is 9.93. The predicted octanol–water partition coefficient (Wildman–Crippen LogP) is 2.35. The molecule has 106 valence electrons. The van der Waals surface area contributed by atoms with Gasteiger partial charge in [0, 0.05) is 30.0 Å². The molecule has 0 saturated carbocycles. The number of hydrogen-bond donors (Lipinski definition) is 1. The Morgan fingerprint density at radius 1 is 1.44 bits per heavy atom. The van der Waals surface area contributed by atoms with Gasteiger partial charge in [-0.3, -0.25) is 4.79 Å². The molecule has 0 bridgehead atoms. The van der Waals surface area contributed by atoms with Crippen LogP contribution in [0, 0.1) is 11.8 Å². The first-order chi connectivity index (χ1) is 8.34. The Morgan fingerprint density at radius 3 is 2.61 bits per heavy atom. The number of nitrogens with zero attached hydrogens (tertiary/aromatic N) is 1. The number of nitrogens with two attached hydrogens (primary N) is 1. The molecule has 2 N–H and O–H groups in total. The standard InChI is InChI=1S/C14H28N2OS/c1-11(2)7-12(9-15)8-13(17)16-5-6-18-14(3,4)10-16/h11-12H,5-10,15H2,1-4H3. The van der Waals surface area contributed by atoms with Crippen molar-refractivity contribution in [1.29, 1.82) is 0 Å². The lowest BCUT2D eigenvalue weighted by molar-refractivity contribution is -0.132. The van der Waals surface area contributed by atoms with Gasteiger partial charge in [-0.1, -0.05) is 13.8 Å². The topological polar surface area (TPSA) is 46.3 Å². The highest BCUT2D eigenvalue weighted by atomic mass is 32.2. The van der Waals surface area contributed by atoms with E-state index in [1.54, 1.807) is 0 Å². The Hall–Kier alpha value is -0.220. The number of rotatable bonds is 5. The minimum absolute atomic E-state index is 0.199. The summed E-state index contributed by atoms with van der Waals surface area (Å²) in [6.07, 6.45) is 1.67. The third-order valence-electron chi connectivity index (χ3n) is 3.38. The highest BCUT2D eigenvalue weighted by Crippen LogP contribution is 2.30. The zero-order chi connectivity index (χ0) is 13.8. The van der Waals surface area contributed by atoms with Crippen LogP contribution in [0.3, 0.4) is 0 Å². The minimum atomic E-state index is 0.199. The van der Waals surface area contributed by atoms with E-state index in [1.165, 1.54) is 0 Å². The molecule has 3 nitrogen and oxygen atoms in total. The maximum Gasteiger partial charge on any atom is 0.222 e. The van der Waals surface area contributed by atoms with Gasteiger partial charge < -0.3 is 10.6 Å². The van der Waals surface area contributed by atoms with Gasteiger partial charge >= 0.3 is 0 Å². The smallest absolute Gasteiger partial charge is 0.222 e. The van der Waals surface area contributed by atoms with Crippen molar-refractivity contribution in [1.82, 2.24) is 4.90 Å². The molecule has 1 saturated heterocycles. The van der Waals surface area contributed by atoms with Crippen LogP contribution < -0.4 is 5.73 Å². The fourth-order valence-corrected chi connectivity index (χ4v) is 3.65. The molecular weight excluding hydrogens is 244 g/mol. The van der Waals surface area contributed by atoms with E-state index in [1.807, 2.05) is 16.7 Å². The molecule has 1 rings (SSSR count). The molecule has 1 fully saturated rings. The minimum Gasteiger partial charge on any atom is -0.340 e. The van der Waals surface area contributed by atoms with Crippen LogP contribution in [-0.4, -0.2) is 40.9 Å². The maximum atomic E-state index is 12.3. The van der Waals surface area contributed by atoms with Gasteiger partial charge in [0.15, 0.2) is 0 Å². The van der Waals surface area contributed by atoms with Crippen molar-refractivity contribution in [2.45, 2.75) is 45.3 Å². The lowest BCUT2D eigenvalue weighted by Gasteiger charge is -2.38. The van der Waals surface area contributed by atoms with Gasteiger partial charge in [-0.15, -0.1) is 0 Å². The molecule has 0 radical (unpaired) electrons. The third kappa shape index (κ3) is 5.19. The van der Waals surface area contributed by atoms with E-state index in [2.05, 4.69) is 27.7 Å². The second-order valence-electron chi connectivity index (χ2n) is 6.36. The highest BCUT2D eigenvalue weighted by Gasteiger charge is 2.30. The summed E-state index contributed by atoms with van der Waals surface area (Å²) in [5.74, 6) is 2.30. The first kappa shape index (κ1) is 15.8. The third-order valence-corrected chi connectivity index (χ3v) is 4.68. The van der Waals surface area contributed by atoms with E-state index in [9.17, 15) is 4.79 Å². The van der Waals surface area contributed by atoms with Gasteiger partial charge in [0.1, 0.15) is 0 Å². The predicted molar refractivity (Wildman–Crippen MR) is 79.7 cm³/mol. The zero-order valence-corrected chi connectivity index (χ0v) is 13.1. The summed E-state index contributed by atoms with van der Waals surface area (Å²) in [6.45, 7) is 11.2. The van der Waals surface area contributed by atoms with Crippen LogP contribution in [0.2, 0.25) is 0 Å². The van der Waals surface area contributed by atoms with Crippen molar-refractivity contribution in [3.63, 3.8) is 0 Å². The van der Waals surface area contributed by atoms with Crippen LogP contribution in [0.4, 0.5) is 0 Å². The zero-order valence-electron chi connectivity index (χ0n) is 12.2. The summed E-state index contributed by atoms with van der Waals surface area (Å²) in [5, 5.41) is 0. The van der Waals surface area contributed by atoms with Crippen molar-refractivity contribution in [2.24, 2.45) is 17.6 Å². The molecule has 0 aromatic rings. The molecule has 0 aromatic carbocycles. The number of amides is 1. The molecule has 1 amide bonds. The van der Waals surface area contributed by atoms with Crippen molar-refractivity contribution >= 4 is 17.7 Å². The van der Waals surface area contributed by atoms with Gasteiger partial charge in [-0.2, -0.15) is 11.8 Å². The molecule has 4 heteroatoms. The highest BCUT2D eigenvalue weighted by molar-refractivity contribution is 8.00. The van der Waals surface area contributed by atoms with E-state index in [0.29, 0.717) is 30.7 Å². The monoisotopic (exact) mass is 272 g/mol. The van der Waals surface area contributed by atoms with Crippen molar-refractivity contribution in [2.75, 3.05) is 25.4 Å². The molecule has 1 heterocycles. The molecule has 18 heavy (non-hydrogen) atoms. The second-order valence-corrected chi connectivity index (χ2v) is 8.16. The first-order valence-electron chi connectivity index (χ1n) is 6.96. The van der Waals surface area contributed by atoms with Crippen LogP contribution in [0.25, 0.3) is 0 Å². The normalized spacial score (nSPS) is 21.1. The quantitative estimate of drug-likeness (QED) is 0.835. The van der Waals surface area contributed by atoms with Gasteiger partial charge in [0.05, 0.1) is 0 Å². The van der Waals surface area contributed by atoms with E-state index in [-0.39, 0.29) is 4.75 Å². The Labute approximate surface area is 116 Å². The van der Waals surface area contributed by atoms with Crippen LogP contribution in [-0.2, 0) is 4.79 Å². The molecule has 1 unspecified atom stereocenters. The van der Waals surface area contributed by atoms with Gasteiger partial charge in [-0.25, -0.2) is 0 Å². The average molecular weight is 272 g/mol. The summed E-state index contributed by atoms with van der Waals surface area (Å²) in [7, 11) is 0. The summed E-state index contributed by atoms with van der Waals surface area (Å²) in [5.41, 5.74) is 5.78. The number of carbonyl (C=O) groups is 1. The van der Waals surface area contributed by atoms with Crippen LogP contribution in [0.15, 0.2) is 0 Å². The average Bonchev–Trinajstić information content (AvgIpc) is 2.26. The van der Waals surface area contributed by atoms with E-state index >= 15 is 0 Å². The summed E-state index contributed by atoms with van der Waals surface area (Å²) < 4.78 is 0.199. The maximum absolute atomic E-state index is 12.3. The lowest BCUT2D eigenvalue weighted by Crippen LogP contribution is -2.46. The van der Waals surface area contributed by atoms with Crippen molar-refractivity contribution in [3.8, 4) is 0 Å². The Kier molecular flexibility index (Phi) is 5.99. The first-order valence-corrected chi connectivity index (χ1v) is 7.94. The number of thioether (sulfide) groups is 1. The van der Waals surface area contributed by atoms with Crippen molar-refractivity contribution in [3.05, 3.63) is 0 Å². The van der Waals surface area contributed by atoms with Gasteiger partial charge in [0.2, 0.25) is 5.91 Å². The molecule has 1 atom stereocenters. The van der Waals surface area contributed by atoms with Crippen molar-refractivity contribution < 1.29 is 4.79 Å². The molecule has 1 aliphatic heterocycles. The van der Waals surface area contributed by atoms with Crippen LogP contribution in [0.1, 0.15) is 40.5 Å². The number of hydrogen-bond acceptors (Lipinski definition) is 3. The largest absolute Gasteiger partial charge is 0.340 e. The van der Waals surface area contributed by atoms with E-state index < -0.39 is 0 Å². The molecule has 1 aliphatic rings. The fourth-order valence-electron chi connectivity index (χ4n) is 2.53. The summed E-state index contributed by atoms with van der Waals surface area (Å²) in [4.78, 5) is 14.3. The Morgan fingerprint density at radius 2 is 2.11 bits per heavy atom. The number of carbonyl (C=O) groups excluding carboxylic acids is 1.